The van der Waals surface area contributed by atoms with Crippen LogP contribution in [0.3, 0.4) is 0 Å². The van der Waals surface area contributed by atoms with Gasteiger partial charge in [-0.2, -0.15) is 5.10 Å². The van der Waals surface area contributed by atoms with E-state index in [-0.39, 0.29) is 34.8 Å². The SMILES string of the molecule is CC(C)n1c(=O)n(-c2ccc(C#Cc3ccccc3)cn2)c(=O)c2ccccc21.CC(C)n1c(=O)n(-c2ncc(C#Cc3ccccc3)cc2F)c(=O)c2nn(C)cc21. The Bertz CT molecular complexity index is 3230. The summed E-state index contributed by atoms with van der Waals surface area (Å²) in [6, 6.07) is 30.2. The maximum atomic E-state index is 14.9. The molecule has 0 unspecified atom stereocenters. The summed E-state index contributed by atoms with van der Waals surface area (Å²) < 4.78 is 21.2. The van der Waals surface area contributed by atoms with Crippen molar-refractivity contribution in [1.29, 1.82) is 0 Å². The van der Waals surface area contributed by atoms with Crippen LogP contribution in [-0.2, 0) is 7.05 Å². The molecule has 292 valence electrons. The predicted molar refractivity (Wildman–Crippen MR) is 226 cm³/mol. The first-order valence-corrected chi connectivity index (χ1v) is 18.7. The summed E-state index contributed by atoms with van der Waals surface area (Å²) in [5, 5.41) is 4.63. The summed E-state index contributed by atoms with van der Waals surface area (Å²) in [7, 11) is 1.65. The topological polar surface area (TPSA) is 132 Å². The van der Waals surface area contributed by atoms with E-state index in [0.717, 1.165) is 26.3 Å². The number of aromatic nitrogens is 8. The fourth-order valence-electron chi connectivity index (χ4n) is 6.47. The van der Waals surface area contributed by atoms with Crippen molar-refractivity contribution >= 4 is 21.9 Å². The molecule has 13 heteroatoms. The molecular weight excluding hydrogens is 748 g/mol. The van der Waals surface area contributed by atoms with E-state index < -0.39 is 22.8 Å². The molecule has 0 spiro atoms. The lowest BCUT2D eigenvalue weighted by Crippen LogP contribution is -2.40. The third kappa shape index (κ3) is 8.04. The van der Waals surface area contributed by atoms with Gasteiger partial charge in [0.05, 0.1) is 16.4 Å². The van der Waals surface area contributed by atoms with E-state index in [0.29, 0.717) is 27.5 Å². The second-order valence-electron chi connectivity index (χ2n) is 14.0. The van der Waals surface area contributed by atoms with Crippen molar-refractivity contribution in [1.82, 2.24) is 38.0 Å². The molecule has 0 aliphatic carbocycles. The van der Waals surface area contributed by atoms with Gasteiger partial charge in [0.15, 0.2) is 17.2 Å². The molecule has 8 aromatic rings. The molecule has 0 fully saturated rings. The Morgan fingerprint density at radius 1 is 0.576 bits per heavy atom. The van der Waals surface area contributed by atoms with Gasteiger partial charge in [-0.1, -0.05) is 72.2 Å². The Labute approximate surface area is 337 Å². The molecule has 5 heterocycles. The van der Waals surface area contributed by atoms with Crippen LogP contribution in [0.15, 0.2) is 141 Å². The summed E-state index contributed by atoms with van der Waals surface area (Å²) >= 11 is 0. The van der Waals surface area contributed by atoms with Gasteiger partial charge in [-0.15, -0.1) is 0 Å². The summed E-state index contributed by atoms with van der Waals surface area (Å²) in [6.07, 6.45) is 4.50. The fourth-order valence-corrected chi connectivity index (χ4v) is 6.47. The summed E-state index contributed by atoms with van der Waals surface area (Å²) in [5.74, 6) is 10.9. The predicted octanol–water partition coefficient (Wildman–Crippen LogP) is 5.93. The number of nitrogens with zero attached hydrogens (tertiary/aromatic N) is 8. The van der Waals surface area contributed by atoms with E-state index in [2.05, 4.69) is 38.7 Å². The van der Waals surface area contributed by atoms with Gasteiger partial charge in [0, 0.05) is 60.0 Å². The highest BCUT2D eigenvalue weighted by atomic mass is 19.1. The molecule has 0 aliphatic rings. The van der Waals surface area contributed by atoms with E-state index in [1.54, 1.807) is 68.2 Å². The van der Waals surface area contributed by atoms with E-state index in [1.807, 2.05) is 80.6 Å². The molecule has 0 saturated heterocycles. The van der Waals surface area contributed by atoms with Gasteiger partial charge in [0.2, 0.25) is 0 Å². The highest BCUT2D eigenvalue weighted by Gasteiger charge is 2.22. The van der Waals surface area contributed by atoms with Gasteiger partial charge in [-0.25, -0.2) is 33.1 Å². The third-order valence-electron chi connectivity index (χ3n) is 9.16. The third-order valence-corrected chi connectivity index (χ3v) is 9.16. The molecule has 0 aliphatic heterocycles. The van der Waals surface area contributed by atoms with Crippen LogP contribution in [0, 0.1) is 29.5 Å². The summed E-state index contributed by atoms with van der Waals surface area (Å²) in [5.41, 5.74) is 1.63. The molecule has 5 aromatic heterocycles. The largest absolute Gasteiger partial charge is 0.337 e. The average Bonchev–Trinajstić information content (AvgIpc) is 3.62. The second-order valence-corrected chi connectivity index (χ2v) is 14.0. The van der Waals surface area contributed by atoms with Crippen LogP contribution in [0.1, 0.15) is 62.0 Å². The highest BCUT2D eigenvalue weighted by Crippen LogP contribution is 2.16. The van der Waals surface area contributed by atoms with Crippen molar-refractivity contribution in [2.75, 3.05) is 0 Å². The molecule has 8 rings (SSSR count). The van der Waals surface area contributed by atoms with E-state index in [1.165, 1.54) is 15.4 Å². The van der Waals surface area contributed by atoms with E-state index in [9.17, 15) is 23.6 Å². The number of pyridine rings is 2. The number of aryl methyl sites for hydroxylation is 1. The molecule has 0 atom stereocenters. The van der Waals surface area contributed by atoms with Gasteiger partial charge < -0.3 is 0 Å². The van der Waals surface area contributed by atoms with E-state index in [4.69, 9.17) is 0 Å². The molecule has 0 saturated carbocycles. The van der Waals surface area contributed by atoms with Crippen LogP contribution in [0.25, 0.3) is 33.6 Å². The zero-order chi connectivity index (χ0) is 41.8. The van der Waals surface area contributed by atoms with Crippen molar-refractivity contribution in [2.45, 2.75) is 39.8 Å². The Hall–Kier alpha value is -7.90. The zero-order valence-corrected chi connectivity index (χ0v) is 32.8. The molecule has 0 N–H and O–H groups in total. The van der Waals surface area contributed by atoms with Crippen molar-refractivity contribution < 1.29 is 4.39 Å². The molecule has 0 radical (unpaired) electrons. The van der Waals surface area contributed by atoms with Gasteiger partial charge in [0.1, 0.15) is 5.82 Å². The monoisotopic (exact) mass is 784 g/mol. The van der Waals surface area contributed by atoms with Crippen LogP contribution in [0.4, 0.5) is 4.39 Å². The Morgan fingerprint density at radius 3 is 1.71 bits per heavy atom. The standard InChI is InChI=1S/C24H19N3O2.C22H18FN5O2/c1-17(2)26-21-11-7-6-10-20(21)23(28)27(24(26)29)22-15-14-19(16-25-22)13-12-18-8-4-3-5-9-18;1-14(2)27-18-13-26(3)25-19(18)21(29)28(22(27)30)20-17(23)11-16(12-24-20)10-9-15-7-5-4-6-8-15/h3-11,14-17H,1-2H3;4-8,11-14H,1-3H3. The number of para-hydroxylation sites is 1. The number of halogens is 1. The number of hydrogen-bond donors (Lipinski definition) is 0. The van der Waals surface area contributed by atoms with Crippen LogP contribution in [-0.4, -0.2) is 38.0 Å². The molecule has 12 nitrogen and oxygen atoms in total. The minimum absolute atomic E-state index is 0.0694. The normalized spacial score (nSPS) is 10.8. The second kappa shape index (κ2) is 16.7. The Kier molecular flexibility index (Phi) is 11.1. The maximum absolute atomic E-state index is 14.9. The molecule has 0 amide bonds. The minimum atomic E-state index is -0.820. The first-order chi connectivity index (χ1) is 28.4. The van der Waals surface area contributed by atoms with Crippen LogP contribution in [0.2, 0.25) is 0 Å². The number of fused-ring (bicyclic) bond motifs is 2. The van der Waals surface area contributed by atoms with Crippen LogP contribution < -0.4 is 22.5 Å². The molecular formula is C46H37FN8O4. The first kappa shape index (κ1) is 39.3. The van der Waals surface area contributed by atoms with Gasteiger partial charge in [0.25, 0.3) is 11.1 Å². The zero-order valence-electron chi connectivity index (χ0n) is 32.8. The van der Waals surface area contributed by atoms with Crippen molar-refractivity contribution in [3.8, 4) is 35.3 Å². The number of rotatable bonds is 4. The number of hydrogen-bond acceptors (Lipinski definition) is 7. The lowest BCUT2D eigenvalue weighted by Gasteiger charge is -2.16. The van der Waals surface area contributed by atoms with Crippen molar-refractivity contribution in [3.63, 3.8) is 0 Å². The van der Waals surface area contributed by atoms with Crippen molar-refractivity contribution in [2.24, 2.45) is 7.05 Å². The minimum Gasteiger partial charge on any atom is -0.290 e. The summed E-state index contributed by atoms with van der Waals surface area (Å²) in [6.45, 7) is 7.43. The summed E-state index contributed by atoms with van der Waals surface area (Å²) in [4.78, 5) is 60.5. The molecule has 3 aromatic carbocycles. The lowest BCUT2D eigenvalue weighted by atomic mass is 10.2. The van der Waals surface area contributed by atoms with Gasteiger partial charge in [-0.3, -0.25) is 23.4 Å². The molecule has 0 bridgehead atoms. The van der Waals surface area contributed by atoms with Gasteiger partial charge >= 0.3 is 11.4 Å². The Balaban J connectivity index is 0.000000179. The highest BCUT2D eigenvalue weighted by molar-refractivity contribution is 5.78. The maximum Gasteiger partial charge on any atom is 0.337 e. The fraction of sp³-hybridized carbons (Fsp3) is 0.152. The average molecular weight is 785 g/mol. The first-order valence-electron chi connectivity index (χ1n) is 18.7. The van der Waals surface area contributed by atoms with E-state index >= 15 is 0 Å². The van der Waals surface area contributed by atoms with Crippen LogP contribution in [0.5, 0.6) is 0 Å². The van der Waals surface area contributed by atoms with Crippen molar-refractivity contribution in [3.05, 3.63) is 191 Å². The molecule has 59 heavy (non-hydrogen) atoms. The Morgan fingerprint density at radius 2 is 1.12 bits per heavy atom. The van der Waals surface area contributed by atoms with Crippen LogP contribution >= 0.6 is 0 Å². The quantitative estimate of drug-likeness (QED) is 0.202. The number of benzene rings is 3. The lowest BCUT2D eigenvalue weighted by molar-refractivity contribution is 0.554. The smallest absolute Gasteiger partial charge is 0.290 e. The van der Waals surface area contributed by atoms with Gasteiger partial charge in [-0.05, 0) is 82.3 Å².